The number of sulfonamides is 1. The second kappa shape index (κ2) is 7.63. The van der Waals surface area contributed by atoms with E-state index in [4.69, 9.17) is 4.52 Å². The predicted molar refractivity (Wildman–Crippen MR) is 94.8 cm³/mol. The van der Waals surface area contributed by atoms with E-state index in [2.05, 4.69) is 14.9 Å². The molecule has 0 unspecified atom stereocenters. The number of rotatable bonds is 7. The number of piperazine rings is 1. The van der Waals surface area contributed by atoms with Crippen molar-refractivity contribution in [2.75, 3.05) is 31.1 Å². The molecule has 0 bridgehead atoms. The summed E-state index contributed by atoms with van der Waals surface area (Å²) in [6.45, 7) is -1.58. The second-order valence-corrected chi connectivity index (χ2v) is 8.82. The van der Waals surface area contributed by atoms with Gasteiger partial charge in [0.25, 0.3) is 0 Å². The Kier molecular flexibility index (Phi) is 5.19. The van der Waals surface area contributed by atoms with Gasteiger partial charge in [0, 0.05) is 32.6 Å². The smallest absolute Gasteiger partial charge is 0.387 e. The summed E-state index contributed by atoms with van der Waals surface area (Å²) in [5.74, 6) is 1.26. The van der Waals surface area contributed by atoms with Crippen LogP contribution in [0.2, 0.25) is 0 Å². The first-order chi connectivity index (χ1) is 13.4. The fourth-order valence-electron chi connectivity index (χ4n) is 3.10. The lowest BCUT2D eigenvalue weighted by Crippen LogP contribution is -2.48. The van der Waals surface area contributed by atoms with Gasteiger partial charge in [0.1, 0.15) is 5.75 Å². The maximum Gasteiger partial charge on any atom is 0.387 e. The van der Waals surface area contributed by atoms with Gasteiger partial charge in [-0.3, -0.25) is 0 Å². The van der Waals surface area contributed by atoms with Crippen molar-refractivity contribution in [2.24, 2.45) is 5.92 Å². The molecule has 0 radical (unpaired) electrons. The van der Waals surface area contributed by atoms with Crippen LogP contribution < -0.4 is 9.64 Å². The van der Waals surface area contributed by atoms with Crippen LogP contribution in [0.5, 0.6) is 5.75 Å². The van der Waals surface area contributed by atoms with Crippen LogP contribution in [-0.2, 0) is 16.4 Å². The molecule has 4 rings (SSSR count). The summed E-state index contributed by atoms with van der Waals surface area (Å²) in [5.41, 5.74) is 0. The third kappa shape index (κ3) is 4.25. The maximum atomic E-state index is 12.8. The Morgan fingerprint density at radius 1 is 1.14 bits per heavy atom. The Balaban J connectivity index is 1.37. The normalized spacial score (nSPS) is 18.6. The molecule has 1 aliphatic heterocycles. The van der Waals surface area contributed by atoms with Gasteiger partial charge in [0.2, 0.25) is 10.0 Å². The number of anilines is 1. The predicted octanol–water partition coefficient (Wildman–Crippen LogP) is 2.13. The summed E-state index contributed by atoms with van der Waals surface area (Å²) < 4.78 is 60.9. The maximum absolute atomic E-state index is 12.8. The summed E-state index contributed by atoms with van der Waals surface area (Å²) in [6.07, 6.45) is 3.23. The zero-order valence-corrected chi connectivity index (χ0v) is 15.8. The summed E-state index contributed by atoms with van der Waals surface area (Å²) in [4.78, 5) is 6.30. The van der Waals surface area contributed by atoms with E-state index in [9.17, 15) is 17.2 Å². The highest BCUT2D eigenvalue weighted by Crippen LogP contribution is 2.32. The van der Waals surface area contributed by atoms with Crippen LogP contribution in [-0.4, -0.2) is 55.7 Å². The van der Waals surface area contributed by atoms with E-state index in [1.165, 1.54) is 41.4 Å². The van der Waals surface area contributed by atoms with Gasteiger partial charge in [-0.15, -0.1) is 0 Å². The number of nitrogens with zero attached hydrogens (tertiary/aromatic N) is 4. The molecule has 2 fully saturated rings. The first-order valence-electron chi connectivity index (χ1n) is 9.04. The summed E-state index contributed by atoms with van der Waals surface area (Å²) in [5, 5.41) is 3.99. The number of aromatic nitrogens is 2. The monoisotopic (exact) mass is 414 g/mol. The van der Waals surface area contributed by atoms with Crippen molar-refractivity contribution in [2.45, 2.75) is 30.8 Å². The molecule has 1 saturated heterocycles. The minimum atomic E-state index is -3.72. The van der Waals surface area contributed by atoms with Crippen LogP contribution in [0.25, 0.3) is 0 Å². The molecular formula is C17H20F2N4O4S. The van der Waals surface area contributed by atoms with E-state index in [-0.39, 0.29) is 23.7 Å². The van der Waals surface area contributed by atoms with E-state index < -0.39 is 16.6 Å². The number of hydrogen-bond acceptors (Lipinski definition) is 7. The first-order valence-corrected chi connectivity index (χ1v) is 10.5. The van der Waals surface area contributed by atoms with Crippen LogP contribution in [0.3, 0.4) is 0 Å². The Hall–Kier alpha value is -2.27. The summed E-state index contributed by atoms with van der Waals surface area (Å²) >= 11 is 0. The molecule has 0 atom stereocenters. The van der Waals surface area contributed by atoms with Crippen LogP contribution in [0.1, 0.15) is 18.7 Å². The largest absolute Gasteiger partial charge is 0.435 e. The van der Waals surface area contributed by atoms with Gasteiger partial charge < -0.3 is 14.2 Å². The van der Waals surface area contributed by atoms with Crippen molar-refractivity contribution in [1.82, 2.24) is 14.4 Å². The SMILES string of the molecule is O=S(=O)(c1ccc(OC(F)F)cc1)N1CCN(c2nc(CC3CC3)no2)CC1. The lowest BCUT2D eigenvalue weighted by Gasteiger charge is -2.32. The lowest BCUT2D eigenvalue weighted by molar-refractivity contribution is -0.0498. The highest BCUT2D eigenvalue weighted by atomic mass is 32.2. The van der Waals surface area contributed by atoms with Crippen molar-refractivity contribution >= 4 is 16.0 Å². The molecule has 1 aromatic heterocycles. The van der Waals surface area contributed by atoms with Gasteiger partial charge in [-0.1, -0.05) is 5.16 Å². The number of halogens is 2. The van der Waals surface area contributed by atoms with Crippen LogP contribution in [0, 0.1) is 5.92 Å². The van der Waals surface area contributed by atoms with Gasteiger partial charge in [0.15, 0.2) is 5.82 Å². The minimum absolute atomic E-state index is 0.0343. The third-order valence-corrected chi connectivity index (χ3v) is 6.73. The van der Waals surface area contributed by atoms with Gasteiger partial charge in [0.05, 0.1) is 4.90 Å². The van der Waals surface area contributed by atoms with Crippen LogP contribution in [0.4, 0.5) is 14.8 Å². The fraction of sp³-hybridized carbons (Fsp3) is 0.529. The Morgan fingerprint density at radius 2 is 1.82 bits per heavy atom. The van der Waals surface area contributed by atoms with E-state index in [0.29, 0.717) is 30.8 Å². The minimum Gasteiger partial charge on any atom is -0.435 e. The Bertz CT molecular complexity index is 907. The number of hydrogen-bond donors (Lipinski definition) is 0. The molecule has 1 aromatic carbocycles. The van der Waals surface area contributed by atoms with Crippen molar-refractivity contribution in [3.05, 3.63) is 30.1 Å². The zero-order valence-electron chi connectivity index (χ0n) is 15.0. The quantitative estimate of drug-likeness (QED) is 0.686. The van der Waals surface area contributed by atoms with Gasteiger partial charge >= 0.3 is 12.6 Å². The van der Waals surface area contributed by atoms with E-state index in [1.807, 2.05) is 4.90 Å². The highest BCUT2D eigenvalue weighted by molar-refractivity contribution is 7.89. The molecule has 8 nitrogen and oxygen atoms in total. The molecule has 152 valence electrons. The highest BCUT2D eigenvalue weighted by Gasteiger charge is 2.31. The molecule has 1 saturated carbocycles. The van der Waals surface area contributed by atoms with Gasteiger partial charge in [-0.05, 0) is 43.0 Å². The summed E-state index contributed by atoms with van der Waals surface area (Å²) in [6, 6.07) is 5.38. The Labute approximate surface area is 161 Å². The van der Waals surface area contributed by atoms with E-state index >= 15 is 0 Å². The number of alkyl halides is 2. The fourth-order valence-corrected chi connectivity index (χ4v) is 4.52. The van der Waals surface area contributed by atoms with E-state index in [0.717, 1.165) is 6.42 Å². The zero-order chi connectivity index (χ0) is 19.7. The Morgan fingerprint density at radius 3 is 2.43 bits per heavy atom. The first kappa shape index (κ1) is 19.1. The average Bonchev–Trinajstić information content (AvgIpc) is 3.36. The molecule has 2 heterocycles. The third-order valence-electron chi connectivity index (χ3n) is 4.82. The lowest BCUT2D eigenvalue weighted by atomic mass is 10.3. The molecule has 28 heavy (non-hydrogen) atoms. The van der Waals surface area contributed by atoms with Crippen molar-refractivity contribution < 1.29 is 26.5 Å². The molecule has 2 aromatic rings. The van der Waals surface area contributed by atoms with Crippen LogP contribution >= 0.6 is 0 Å². The standard InChI is InChI=1S/C17H20F2N4O4S/c18-16(19)26-13-3-5-14(6-4-13)28(24,25)23-9-7-22(8-10-23)17-20-15(21-27-17)11-12-1-2-12/h3-6,12,16H,1-2,7-11H2. The van der Waals surface area contributed by atoms with E-state index in [1.54, 1.807) is 0 Å². The summed E-state index contributed by atoms with van der Waals surface area (Å²) in [7, 11) is -3.72. The average molecular weight is 414 g/mol. The molecule has 2 aliphatic rings. The van der Waals surface area contributed by atoms with Crippen LogP contribution in [0.15, 0.2) is 33.7 Å². The topological polar surface area (TPSA) is 88.8 Å². The van der Waals surface area contributed by atoms with Crippen molar-refractivity contribution in [3.8, 4) is 5.75 Å². The molecule has 0 amide bonds. The molecule has 0 N–H and O–H groups in total. The van der Waals surface area contributed by atoms with Gasteiger partial charge in [-0.25, -0.2) is 8.42 Å². The van der Waals surface area contributed by atoms with Crippen molar-refractivity contribution in [3.63, 3.8) is 0 Å². The van der Waals surface area contributed by atoms with Crippen molar-refractivity contribution in [1.29, 1.82) is 0 Å². The second-order valence-electron chi connectivity index (χ2n) is 6.88. The number of ether oxygens (including phenoxy) is 1. The molecule has 11 heteroatoms. The molecule has 0 spiro atoms. The number of benzene rings is 1. The molecular weight excluding hydrogens is 394 g/mol. The van der Waals surface area contributed by atoms with Gasteiger partial charge in [-0.2, -0.15) is 18.1 Å². The molecule has 1 aliphatic carbocycles.